The molecule has 0 aliphatic carbocycles. The second-order valence-electron chi connectivity index (χ2n) is 4.67. The molecule has 0 bridgehead atoms. The molecule has 1 amide bonds. The first-order valence-corrected chi connectivity index (χ1v) is 7.20. The maximum absolute atomic E-state index is 12.1. The average Bonchev–Trinajstić information content (AvgIpc) is 2.44. The van der Waals surface area contributed by atoms with Gasteiger partial charge in [0.1, 0.15) is 5.75 Å². The van der Waals surface area contributed by atoms with Crippen LogP contribution in [0.5, 0.6) is 5.75 Å². The van der Waals surface area contributed by atoms with Gasteiger partial charge in [-0.3, -0.25) is 4.79 Å². The number of carbonyl (C=O) groups excluding carboxylic acids is 1. The molecule has 0 radical (unpaired) electrons. The van der Waals surface area contributed by atoms with Gasteiger partial charge in [-0.2, -0.15) is 0 Å². The molecule has 3 nitrogen and oxygen atoms in total. The molecule has 1 aromatic carbocycles. The monoisotopic (exact) mass is 263 g/mol. The first-order chi connectivity index (χ1) is 9.21. The summed E-state index contributed by atoms with van der Waals surface area (Å²) in [5.41, 5.74) is 1.23. The summed E-state index contributed by atoms with van der Waals surface area (Å²) < 4.78 is 5.59. The summed E-state index contributed by atoms with van der Waals surface area (Å²) in [5, 5.41) is 0. The lowest BCUT2D eigenvalue weighted by molar-refractivity contribution is -0.133. The third-order valence-corrected chi connectivity index (χ3v) is 3.01. The molecule has 0 N–H and O–H groups in total. The van der Waals surface area contributed by atoms with Crippen molar-refractivity contribution in [2.24, 2.45) is 0 Å². The van der Waals surface area contributed by atoms with Crippen LogP contribution in [0, 0.1) is 0 Å². The van der Waals surface area contributed by atoms with E-state index in [1.165, 1.54) is 5.56 Å². The zero-order chi connectivity index (χ0) is 14.1. The number of benzene rings is 1. The molecule has 0 saturated carbocycles. The van der Waals surface area contributed by atoms with Gasteiger partial charge in [-0.05, 0) is 37.0 Å². The van der Waals surface area contributed by atoms with Gasteiger partial charge in [0.2, 0.25) is 0 Å². The second kappa shape index (κ2) is 8.57. The van der Waals surface area contributed by atoms with E-state index >= 15 is 0 Å². The number of nitrogens with zero attached hydrogens (tertiary/aromatic N) is 1. The minimum Gasteiger partial charge on any atom is -0.484 e. The molecule has 19 heavy (non-hydrogen) atoms. The van der Waals surface area contributed by atoms with Crippen molar-refractivity contribution in [2.45, 2.75) is 40.0 Å². The van der Waals surface area contributed by atoms with E-state index in [1.807, 2.05) is 23.1 Å². The molecule has 0 heterocycles. The van der Waals surface area contributed by atoms with E-state index in [4.69, 9.17) is 4.74 Å². The van der Waals surface area contributed by atoms with Crippen LogP contribution >= 0.6 is 0 Å². The summed E-state index contributed by atoms with van der Waals surface area (Å²) in [5.74, 6) is 0.853. The molecule has 0 fully saturated rings. The predicted molar refractivity (Wildman–Crippen MR) is 78.5 cm³/mol. The van der Waals surface area contributed by atoms with Crippen molar-refractivity contribution in [3.63, 3.8) is 0 Å². The number of aryl methyl sites for hydroxylation is 1. The van der Waals surface area contributed by atoms with E-state index in [9.17, 15) is 4.79 Å². The van der Waals surface area contributed by atoms with Gasteiger partial charge in [-0.25, -0.2) is 0 Å². The summed E-state index contributed by atoms with van der Waals surface area (Å²) in [7, 11) is 0. The van der Waals surface area contributed by atoms with Crippen molar-refractivity contribution in [3.05, 3.63) is 29.8 Å². The van der Waals surface area contributed by atoms with Crippen LogP contribution in [0.3, 0.4) is 0 Å². The van der Waals surface area contributed by atoms with Crippen molar-refractivity contribution in [3.8, 4) is 5.75 Å². The predicted octanol–water partition coefficient (Wildman–Crippen LogP) is 3.28. The average molecular weight is 263 g/mol. The maximum Gasteiger partial charge on any atom is 0.260 e. The van der Waals surface area contributed by atoms with Crippen molar-refractivity contribution in [2.75, 3.05) is 19.7 Å². The molecular weight excluding hydrogens is 238 g/mol. The molecule has 0 aromatic heterocycles. The Hall–Kier alpha value is -1.51. The van der Waals surface area contributed by atoms with Crippen LogP contribution in [0.4, 0.5) is 0 Å². The van der Waals surface area contributed by atoms with Crippen LogP contribution in [-0.4, -0.2) is 30.5 Å². The number of carbonyl (C=O) groups is 1. The van der Waals surface area contributed by atoms with E-state index < -0.39 is 0 Å². The topological polar surface area (TPSA) is 29.5 Å². The van der Waals surface area contributed by atoms with Crippen LogP contribution in [0.15, 0.2) is 24.3 Å². The van der Waals surface area contributed by atoms with E-state index in [2.05, 4.69) is 26.8 Å². The summed E-state index contributed by atoms with van der Waals surface area (Å²) in [6.45, 7) is 8.03. The van der Waals surface area contributed by atoms with Crippen molar-refractivity contribution in [1.29, 1.82) is 0 Å². The zero-order valence-corrected chi connectivity index (χ0v) is 12.3. The van der Waals surface area contributed by atoms with Gasteiger partial charge in [0.15, 0.2) is 6.61 Å². The number of hydrogen-bond acceptors (Lipinski definition) is 2. The smallest absolute Gasteiger partial charge is 0.260 e. The van der Waals surface area contributed by atoms with Crippen LogP contribution in [0.1, 0.15) is 39.2 Å². The van der Waals surface area contributed by atoms with Gasteiger partial charge in [-0.15, -0.1) is 0 Å². The number of hydrogen-bond donors (Lipinski definition) is 0. The van der Waals surface area contributed by atoms with Gasteiger partial charge in [0, 0.05) is 13.1 Å². The fraction of sp³-hybridized carbons (Fsp3) is 0.562. The Morgan fingerprint density at radius 1 is 1.16 bits per heavy atom. The van der Waals surface area contributed by atoms with Crippen molar-refractivity contribution in [1.82, 2.24) is 4.90 Å². The molecular formula is C16H25NO2. The Labute approximate surface area is 116 Å². The van der Waals surface area contributed by atoms with E-state index in [1.54, 1.807) is 0 Å². The van der Waals surface area contributed by atoms with Crippen LogP contribution in [-0.2, 0) is 11.2 Å². The van der Waals surface area contributed by atoms with Crippen LogP contribution < -0.4 is 4.74 Å². The highest BCUT2D eigenvalue weighted by Gasteiger charge is 2.12. The van der Waals surface area contributed by atoms with Gasteiger partial charge >= 0.3 is 0 Å². The molecule has 1 rings (SSSR count). The third-order valence-electron chi connectivity index (χ3n) is 3.01. The lowest BCUT2D eigenvalue weighted by atomic mass is 10.2. The minimum atomic E-state index is 0.0746. The van der Waals surface area contributed by atoms with Gasteiger partial charge < -0.3 is 9.64 Å². The summed E-state index contributed by atoms with van der Waals surface area (Å²) in [6.07, 6.45) is 2.94. The highest BCUT2D eigenvalue weighted by molar-refractivity contribution is 5.77. The molecule has 0 atom stereocenters. The summed E-state index contributed by atoms with van der Waals surface area (Å²) in [4.78, 5) is 13.9. The first kappa shape index (κ1) is 15.5. The Morgan fingerprint density at radius 3 is 2.42 bits per heavy atom. The number of amides is 1. The Kier molecular flexibility index (Phi) is 7.01. The number of rotatable bonds is 8. The van der Waals surface area contributed by atoms with E-state index in [0.717, 1.165) is 38.1 Å². The minimum absolute atomic E-state index is 0.0746. The second-order valence-corrected chi connectivity index (χ2v) is 4.67. The molecule has 0 unspecified atom stereocenters. The summed E-state index contributed by atoms with van der Waals surface area (Å²) >= 11 is 0. The highest BCUT2D eigenvalue weighted by Crippen LogP contribution is 2.13. The van der Waals surface area contributed by atoms with E-state index in [-0.39, 0.29) is 12.5 Å². The largest absolute Gasteiger partial charge is 0.484 e. The van der Waals surface area contributed by atoms with Crippen molar-refractivity contribution >= 4 is 5.91 Å². The third kappa shape index (κ3) is 5.33. The van der Waals surface area contributed by atoms with Gasteiger partial charge in [-0.1, -0.05) is 32.9 Å². The molecule has 3 heteroatoms. The normalized spacial score (nSPS) is 10.3. The molecule has 106 valence electrons. The Balaban J connectivity index is 2.51. The molecule has 0 spiro atoms. The van der Waals surface area contributed by atoms with Gasteiger partial charge in [0.25, 0.3) is 5.91 Å². The van der Waals surface area contributed by atoms with E-state index in [0.29, 0.717) is 0 Å². The SMILES string of the molecule is CCCN(CCC)C(=O)COc1cccc(CC)c1. The van der Waals surface area contributed by atoms with Gasteiger partial charge in [0.05, 0.1) is 0 Å². The molecule has 1 aromatic rings. The first-order valence-electron chi connectivity index (χ1n) is 7.20. The quantitative estimate of drug-likeness (QED) is 0.720. The lowest BCUT2D eigenvalue weighted by Crippen LogP contribution is -2.36. The fourth-order valence-corrected chi connectivity index (χ4v) is 1.99. The fourth-order valence-electron chi connectivity index (χ4n) is 1.99. The van der Waals surface area contributed by atoms with Crippen molar-refractivity contribution < 1.29 is 9.53 Å². The lowest BCUT2D eigenvalue weighted by Gasteiger charge is -2.21. The molecule has 0 aliphatic rings. The molecule has 0 aliphatic heterocycles. The summed E-state index contributed by atoms with van der Waals surface area (Å²) in [6, 6.07) is 7.93. The standard InChI is InChI=1S/C16H25NO2/c1-4-10-17(11-5-2)16(18)13-19-15-9-7-8-14(6-3)12-15/h7-9,12H,4-6,10-11,13H2,1-3H3. The van der Waals surface area contributed by atoms with Crippen LogP contribution in [0.2, 0.25) is 0 Å². The highest BCUT2D eigenvalue weighted by atomic mass is 16.5. The van der Waals surface area contributed by atoms with Crippen LogP contribution in [0.25, 0.3) is 0 Å². The zero-order valence-electron chi connectivity index (χ0n) is 12.3. The Bertz CT molecular complexity index is 384. The number of ether oxygens (including phenoxy) is 1. The maximum atomic E-state index is 12.1. The molecule has 0 saturated heterocycles. The Morgan fingerprint density at radius 2 is 1.84 bits per heavy atom.